The fraction of sp³-hybridized carbons (Fsp3) is 0.148. The highest BCUT2D eigenvalue weighted by atomic mass is 32.1. The summed E-state index contributed by atoms with van der Waals surface area (Å²) < 4.78 is 17.7. The van der Waals surface area contributed by atoms with E-state index in [4.69, 9.17) is 19.3 Å². The maximum Gasteiger partial charge on any atom is 0.331 e. The Morgan fingerprint density at radius 3 is 2.78 bits per heavy atom. The highest BCUT2D eigenvalue weighted by Crippen LogP contribution is 2.32. The van der Waals surface area contributed by atoms with E-state index in [-0.39, 0.29) is 13.3 Å². The molecule has 1 atom stereocenters. The Morgan fingerprint density at radius 2 is 1.97 bits per heavy atom. The topological polar surface area (TPSA) is 91.7 Å². The molecule has 0 bridgehead atoms. The van der Waals surface area contributed by atoms with Crippen LogP contribution >= 0.6 is 11.3 Å². The molecular formula is C27H23N3O5S. The summed E-state index contributed by atoms with van der Waals surface area (Å²) in [4.78, 5) is 25.9. The zero-order valence-corrected chi connectivity index (χ0v) is 20.2. The molecule has 8 nitrogen and oxygen atoms in total. The molecule has 182 valence electrons. The quantitative estimate of drug-likeness (QED) is 0.281. The zero-order chi connectivity index (χ0) is 24.9. The number of benzene rings is 2. The van der Waals surface area contributed by atoms with Gasteiger partial charge in [-0.05, 0) is 54.3 Å². The first-order chi connectivity index (χ1) is 17.6. The number of hydrogen-bond donors (Lipinski definition) is 1. The van der Waals surface area contributed by atoms with Crippen molar-refractivity contribution in [1.82, 2.24) is 15.1 Å². The van der Waals surface area contributed by atoms with Crippen LogP contribution in [0.25, 0.3) is 22.3 Å². The van der Waals surface area contributed by atoms with Crippen LogP contribution < -0.4 is 14.8 Å². The van der Waals surface area contributed by atoms with Gasteiger partial charge in [0.2, 0.25) is 6.79 Å². The molecule has 0 aliphatic carbocycles. The van der Waals surface area contributed by atoms with Crippen LogP contribution in [-0.2, 0) is 20.9 Å². The van der Waals surface area contributed by atoms with Crippen LogP contribution in [0, 0.1) is 0 Å². The van der Waals surface area contributed by atoms with Gasteiger partial charge in [-0.15, -0.1) is 11.3 Å². The van der Waals surface area contributed by atoms with Crippen LogP contribution in [0.3, 0.4) is 0 Å². The zero-order valence-electron chi connectivity index (χ0n) is 19.4. The molecule has 0 saturated carbocycles. The van der Waals surface area contributed by atoms with E-state index in [1.807, 2.05) is 66.2 Å². The summed E-state index contributed by atoms with van der Waals surface area (Å²) in [6, 6.07) is 19.1. The number of ether oxygens (including phenoxy) is 3. The lowest BCUT2D eigenvalue weighted by Gasteiger charge is -2.12. The summed E-state index contributed by atoms with van der Waals surface area (Å²) in [5, 5.41) is 9.45. The molecule has 0 saturated heterocycles. The van der Waals surface area contributed by atoms with Gasteiger partial charge < -0.3 is 19.5 Å². The number of thiophene rings is 1. The second-order valence-electron chi connectivity index (χ2n) is 8.01. The maximum atomic E-state index is 12.5. The van der Waals surface area contributed by atoms with E-state index in [0.717, 1.165) is 27.4 Å². The second-order valence-corrected chi connectivity index (χ2v) is 8.96. The van der Waals surface area contributed by atoms with Crippen molar-refractivity contribution in [3.05, 3.63) is 89.4 Å². The fourth-order valence-corrected chi connectivity index (χ4v) is 4.37. The third-order valence-corrected chi connectivity index (χ3v) is 6.36. The lowest BCUT2D eigenvalue weighted by Crippen LogP contribution is -2.35. The van der Waals surface area contributed by atoms with E-state index in [2.05, 4.69) is 5.32 Å². The van der Waals surface area contributed by atoms with E-state index in [9.17, 15) is 9.59 Å². The number of carbonyl (C=O) groups is 2. The Morgan fingerprint density at radius 1 is 1.14 bits per heavy atom. The Hall–Kier alpha value is -4.37. The summed E-state index contributed by atoms with van der Waals surface area (Å²) in [5.74, 6) is 0.301. The molecule has 2 aromatic carbocycles. The average Bonchev–Trinajstić information content (AvgIpc) is 3.66. The van der Waals surface area contributed by atoms with Crippen molar-refractivity contribution in [3.63, 3.8) is 0 Å². The van der Waals surface area contributed by atoms with Gasteiger partial charge in [0, 0.05) is 24.4 Å². The number of carbonyl (C=O) groups excluding carboxylic acids is 2. The van der Waals surface area contributed by atoms with Gasteiger partial charge in [-0.2, -0.15) is 5.10 Å². The number of para-hydroxylation sites is 1. The molecule has 0 fully saturated rings. The molecule has 2 aromatic heterocycles. The normalized spacial score (nSPS) is 13.0. The van der Waals surface area contributed by atoms with Gasteiger partial charge in [0.15, 0.2) is 17.6 Å². The van der Waals surface area contributed by atoms with Gasteiger partial charge in [-0.25, -0.2) is 9.48 Å². The van der Waals surface area contributed by atoms with Crippen LogP contribution in [0.15, 0.2) is 78.3 Å². The number of hydrogen-bond acceptors (Lipinski definition) is 7. The van der Waals surface area contributed by atoms with Crippen molar-refractivity contribution in [2.24, 2.45) is 0 Å². The van der Waals surface area contributed by atoms with Gasteiger partial charge in [-0.1, -0.05) is 30.3 Å². The summed E-state index contributed by atoms with van der Waals surface area (Å²) in [5.41, 5.74) is 3.28. The van der Waals surface area contributed by atoms with E-state index in [1.165, 1.54) is 13.0 Å². The van der Waals surface area contributed by atoms with Crippen LogP contribution in [0.1, 0.15) is 18.1 Å². The first-order valence-electron chi connectivity index (χ1n) is 11.3. The predicted molar refractivity (Wildman–Crippen MR) is 136 cm³/mol. The SMILES string of the molecule is C[C@H](OC(=O)/C=C/c1cn(-c2ccccc2)nc1-c1cccs1)C(=O)NCc1ccc2c(c1)OCO2. The van der Waals surface area contributed by atoms with Gasteiger partial charge in [-0.3, -0.25) is 4.79 Å². The summed E-state index contributed by atoms with van der Waals surface area (Å²) >= 11 is 1.56. The molecule has 5 rings (SSSR count). The Bertz CT molecular complexity index is 1400. The minimum absolute atomic E-state index is 0.188. The molecule has 0 radical (unpaired) electrons. The standard InChI is InChI=1S/C27H23N3O5S/c1-18(27(32)28-15-19-9-11-22-23(14-19)34-17-33-22)35-25(31)12-10-20-16-30(21-6-3-2-4-7-21)29-26(20)24-8-5-13-36-24/h2-14,16,18H,15,17H2,1H3,(H,28,32)/b12-10+/t18-/m0/s1. The maximum absolute atomic E-state index is 12.5. The molecule has 0 unspecified atom stereocenters. The van der Waals surface area contributed by atoms with Gasteiger partial charge in [0.05, 0.1) is 10.6 Å². The minimum Gasteiger partial charge on any atom is -0.454 e. The highest BCUT2D eigenvalue weighted by molar-refractivity contribution is 7.13. The summed E-state index contributed by atoms with van der Waals surface area (Å²) in [6.07, 6.45) is 3.86. The Labute approximate surface area is 211 Å². The van der Waals surface area contributed by atoms with Crippen molar-refractivity contribution < 1.29 is 23.8 Å². The lowest BCUT2D eigenvalue weighted by atomic mass is 10.2. The highest BCUT2D eigenvalue weighted by Gasteiger charge is 2.18. The third kappa shape index (κ3) is 5.31. The van der Waals surface area contributed by atoms with E-state index in [1.54, 1.807) is 28.2 Å². The summed E-state index contributed by atoms with van der Waals surface area (Å²) in [6.45, 7) is 1.99. The van der Waals surface area contributed by atoms with Crippen LogP contribution in [-0.4, -0.2) is 34.6 Å². The second kappa shape index (κ2) is 10.5. The number of rotatable bonds is 8. The number of amides is 1. The van der Waals surface area contributed by atoms with Crippen molar-refractivity contribution in [3.8, 4) is 27.8 Å². The van der Waals surface area contributed by atoms with Gasteiger partial charge >= 0.3 is 5.97 Å². The third-order valence-electron chi connectivity index (χ3n) is 5.48. The summed E-state index contributed by atoms with van der Waals surface area (Å²) in [7, 11) is 0. The lowest BCUT2D eigenvalue weighted by molar-refractivity contribution is -0.150. The van der Waals surface area contributed by atoms with Crippen molar-refractivity contribution in [2.75, 3.05) is 6.79 Å². The predicted octanol–water partition coefficient (Wildman–Crippen LogP) is 4.59. The monoisotopic (exact) mass is 501 g/mol. The van der Waals surface area contributed by atoms with E-state index in [0.29, 0.717) is 11.5 Å². The van der Waals surface area contributed by atoms with Crippen LogP contribution in [0.4, 0.5) is 0 Å². The molecule has 3 heterocycles. The number of aromatic nitrogens is 2. The smallest absolute Gasteiger partial charge is 0.331 e. The Balaban J connectivity index is 1.22. The van der Waals surface area contributed by atoms with Crippen molar-refractivity contribution >= 4 is 29.3 Å². The van der Waals surface area contributed by atoms with Crippen molar-refractivity contribution in [2.45, 2.75) is 19.6 Å². The number of nitrogens with one attached hydrogen (secondary N) is 1. The molecule has 9 heteroatoms. The van der Waals surface area contributed by atoms with E-state index >= 15 is 0 Å². The molecule has 1 amide bonds. The number of nitrogens with zero attached hydrogens (tertiary/aromatic N) is 2. The molecule has 4 aromatic rings. The first kappa shape index (κ1) is 23.4. The average molecular weight is 502 g/mol. The Kier molecular flexibility index (Phi) is 6.81. The first-order valence-corrected chi connectivity index (χ1v) is 12.2. The molecule has 0 spiro atoms. The minimum atomic E-state index is -0.958. The molecule has 36 heavy (non-hydrogen) atoms. The number of esters is 1. The largest absolute Gasteiger partial charge is 0.454 e. The van der Waals surface area contributed by atoms with Crippen LogP contribution in [0.5, 0.6) is 11.5 Å². The van der Waals surface area contributed by atoms with Crippen molar-refractivity contribution in [1.29, 1.82) is 0 Å². The van der Waals surface area contributed by atoms with Gasteiger partial charge in [0.1, 0.15) is 5.69 Å². The van der Waals surface area contributed by atoms with E-state index < -0.39 is 18.0 Å². The van der Waals surface area contributed by atoms with Crippen LogP contribution in [0.2, 0.25) is 0 Å². The molecule has 1 N–H and O–H groups in total. The number of fused-ring (bicyclic) bond motifs is 1. The molecular weight excluding hydrogens is 478 g/mol. The fourth-order valence-electron chi connectivity index (χ4n) is 3.64. The molecule has 1 aliphatic rings. The molecule has 1 aliphatic heterocycles. The van der Waals surface area contributed by atoms with Gasteiger partial charge in [0.25, 0.3) is 5.91 Å².